The summed E-state index contributed by atoms with van der Waals surface area (Å²) in [6, 6.07) is 4.84. The van der Waals surface area contributed by atoms with Gasteiger partial charge in [-0.15, -0.1) is 0 Å². The molecule has 0 aromatic carbocycles. The number of nitrogens with zero attached hydrogens (tertiary/aromatic N) is 2. The Morgan fingerprint density at radius 2 is 2.10 bits per heavy atom. The van der Waals surface area contributed by atoms with Gasteiger partial charge in [-0.1, -0.05) is 0 Å². The van der Waals surface area contributed by atoms with Crippen molar-refractivity contribution in [2.45, 2.75) is 50.6 Å². The summed E-state index contributed by atoms with van der Waals surface area (Å²) in [6.07, 6.45) is 7.79. The first kappa shape index (κ1) is 13.7. The Morgan fingerprint density at radius 3 is 2.80 bits per heavy atom. The number of carbonyl (C=O) groups excluding carboxylic acids is 1. The highest BCUT2D eigenvalue weighted by Gasteiger charge is 2.37. The van der Waals surface area contributed by atoms with Crippen LogP contribution in [0, 0.1) is 0 Å². The first-order chi connectivity index (χ1) is 9.75. The molecule has 0 unspecified atom stereocenters. The molecule has 0 saturated carbocycles. The smallest absolute Gasteiger partial charge is 0.223 e. The number of hydrogen-bond donors (Lipinski definition) is 0. The number of furan rings is 1. The van der Waals surface area contributed by atoms with Gasteiger partial charge in [-0.2, -0.15) is 0 Å². The molecule has 1 aromatic heterocycles. The van der Waals surface area contributed by atoms with Gasteiger partial charge in [0, 0.05) is 31.5 Å². The average Bonchev–Trinajstić information content (AvgIpc) is 3.16. The van der Waals surface area contributed by atoms with E-state index in [1.165, 1.54) is 25.8 Å². The largest absolute Gasteiger partial charge is 0.469 e. The third kappa shape index (κ3) is 2.75. The summed E-state index contributed by atoms with van der Waals surface area (Å²) in [4.78, 5) is 17.0. The van der Waals surface area contributed by atoms with Crippen molar-refractivity contribution in [1.82, 2.24) is 9.80 Å². The molecule has 0 aliphatic carbocycles. The number of carbonyl (C=O) groups is 1. The van der Waals surface area contributed by atoms with Gasteiger partial charge in [-0.3, -0.25) is 4.79 Å². The molecule has 2 fully saturated rings. The summed E-state index contributed by atoms with van der Waals surface area (Å²) in [6.45, 7) is 2.11. The number of likely N-dealkylation sites (N-methyl/N-ethyl adjacent to an activating group) is 1. The quantitative estimate of drug-likeness (QED) is 0.846. The van der Waals surface area contributed by atoms with Gasteiger partial charge in [0.25, 0.3) is 0 Å². The first-order valence-corrected chi connectivity index (χ1v) is 7.78. The van der Waals surface area contributed by atoms with Crippen LogP contribution in [-0.2, 0) is 11.2 Å². The van der Waals surface area contributed by atoms with E-state index in [1.807, 2.05) is 12.1 Å². The van der Waals surface area contributed by atoms with Crippen LogP contribution in [-0.4, -0.2) is 47.9 Å². The number of aryl methyl sites for hydroxylation is 1. The minimum absolute atomic E-state index is 0.296. The van der Waals surface area contributed by atoms with Gasteiger partial charge in [-0.25, -0.2) is 0 Å². The second-order valence-corrected chi connectivity index (χ2v) is 6.07. The van der Waals surface area contributed by atoms with E-state index in [9.17, 15) is 4.79 Å². The molecule has 4 heteroatoms. The monoisotopic (exact) mass is 276 g/mol. The van der Waals surface area contributed by atoms with Gasteiger partial charge in [-0.05, 0) is 51.4 Å². The SMILES string of the molecule is CN1CCC[C@@H]1[C@@H]1CCCN1C(=O)CCc1ccco1. The summed E-state index contributed by atoms with van der Waals surface area (Å²) in [7, 11) is 2.20. The van der Waals surface area contributed by atoms with Gasteiger partial charge < -0.3 is 14.2 Å². The Labute approximate surface area is 120 Å². The van der Waals surface area contributed by atoms with Crippen LogP contribution in [0.3, 0.4) is 0 Å². The van der Waals surface area contributed by atoms with E-state index in [0.29, 0.717) is 24.4 Å². The summed E-state index contributed by atoms with van der Waals surface area (Å²) < 4.78 is 5.31. The van der Waals surface area contributed by atoms with Gasteiger partial charge in [0.05, 0.1) is 6.26 Å². The van der Waals surface area contributed by atoms with E-state index in [0.717, 1.165) is 25.1 Å². The highest BCUT2D eigenvalue weighted by molar-refractivity contribution is 5.77. The minimum Gasteiger partial charge on any atom is -0.469 e. The molecule has 20 heavy (non-hydrogen) atoms. The van der Waals surface area contributed by atoms with Gasteiger partial charge in [0.15, 0.2) is 0 Å². The molecule has 3 rings (SSSR count). The molecule has 0 radical (unpaired) electrons. The van der Waals surface area contributed by atoms with Crippen LogP contribution in [0.2, 0.25) is 0 Å². The Bertz CT molecular complexity index is 443. The number of hydrogen-bond acceptors (Lipinski definition) is 3. The molecule has 2 aliphatic rings. The van der Waals surface area contributed by atoms with E-state index < -0.39 is 0 Å². The summed E-state index contributed by atoms with van der Waals surface area (Å²) in [5, 5.41) is 0. The maximum atomic E-state index is 12.5. The molecule has 2 saturated heterocycles. The zero-order valence-electron chi connectivity index (χ0n) is 12.3. The van der Waals surface area contributed by atoms with E-state index >= 15 is 0 Å². The van der Waals surface area contributed by atoms with Gasteiger partial charge in [0.2, 0.25) is 5.91 Å². The van der Waals surface area contributed by atoms with E-state index in [1.54, 1.807) is 6.26 Å². The Balaban J connectivity index is 1.58. The maximum absolute atomic E-state index is 12.5. The van der Waals surface area contributed by atoms with Crippen molar-refractivity contribution in [3.8, 4) is 0 Å². The van der Waals surface area contributed by atoms with Crippen LogP contribution in [0.25, 0.3) is 0 Å². The Morgan fingerprint density at radius 1 is 1.30 bits per heavy atom. The fourth-order valence-electron chi connectivity index (χ4n) is 3.75. The average molecular weight is 276 g/mol. The normalized spacial score (nSPS) is 27.4. The number of amides is 1. The van der Waals surface area contributed by atoms with Crippen molar-refractivity contribution in [2.24, 2.45) is 0 Å². The van der Waals surface area contributed by atoms with Gasteiger partial charge in [0.1, 0.15) is 5.76 Å². The summed E-state index contributed by atoms with van der Waals surface area (Å²) in [5.74, 6) is 1.20. The third-order valence-electron chi connectivity index (χ3n) is 4.81. The zero-order valence-corrected chi connectivity index (χ0v) is 12.3. The molecule has 1 amide bonds. The predicted octanol–water partition coefficient (Wildman–Crippen LogP) is 2.30. The molecule has 0 N–H and O–H groups in total. The highest BCUT2D eigenvalue weighted by atomic mass is 16.3. The molecule has 0 bridgehead atoms. The zero-order chi connectivity index (χ0) is 13.9. The van der Waals surface area contributed by atoms with Crippen LogP contribution >= 0.6 is 0 Å². The molecular formula is C16H24N2O2. The van der Waals surface area contributed by atoms with Crippen LogP contribution in [0.15, 0.2) is 22.8 Å². The predicted molar refractivity (Wildman–Crippen MR) is 77.4 cm³/mol. The van der Waals surface area contributed by atoms with Crippen LogP contribution in [0.1, 0.15) is 37.9 Å². The fourth-order valence-corrected chi connectivity index (χ4v) is 3.75. The summed E-state index contributed by atoms with van der Waals surface area (Å²) >= 11 is 0. The molecule has 0 spiro atoms. The third-order valence-corrected chi connectivity index (χ3v) is 4.81. The van der Waals surface area contributed by atoms with Gasteiger partial charge >= 0.3 is 0 Å². The van der Waals surface area contributed by atoms with Crippen molar-refractivity contribution in [1.29, 1.82) is 0 Å². The molecule has 3 heterocycles. The van der Waals surface area contributed by atoms with Crippen LogP contribution in [0.4, 0.5) is 0 Å². The lowest BCUT2D eigenvalue weighted by atomic mass is 10.0. The second kappa shape index (κ2) is 6.00. The van der Waals surface area contributed by atoms with Crippen molar-refractivity contribution < 1.29 is 9.21 Å². The molecule has 2 atom stereocenters. The first-order valence-electron chi connectivity index (χ1n) is 7.78. The standard InChI is InChI=1S/C16H24N2O2/c1-17-10-2-6-14(17)15-7-3-11-18(15)16(19)9-8-13-5-4-12-20-13/h4-5,12,14-15H,2-3,6-11H2,1H3/t14-,15+/m1/s1. The number of likely N-dealkylation sites (tertiary alicyclic amines) is 2. The molecule has 4 nitrogen and oxygen atoms in total. The molecular weight excluding hydrogens is 252 g/mol. The van der Waals surface area contributed by atoms with E-state index in [4.69, 9.17) is 4.42 Å². The number of rotatable bonds is 4. The lowest BCUT2D eigenvalue weighted by Gasteiger charge is -2.33. The van der Waals surface area contributed by atoms with E-state index in [-0.39, 0.29) is 0 Å². The Hall–Kier alpha value is -1.29. The van der Waals surface area contributed by atoms with Crippen molar-refractivity contribution in [3.63, 3.8) is 0 Å². The van der Waals surface area contributed by atoms with Crippen molar-refractivity contribution in [3.05, 3.63) is 24.2 Å². The summed E-state index contributed by atoms with van der Waals surface area (Å²) in [5.41, 5.74) is 0. The molecule has 2 aliphatic heterocycles. The fraction of sp³-hybridized carbons (Fsp3) is 0.688. The second-order valence-electron chi connectivity index (χ2n) is 6.07. The maximum Gasteiger partial charge on any atom is 0.223 e. The highest BCUT2D eigenvalue weighted by Crippen LogP contribution is 2.29. The lowest BCUT2D eigenvalue weighted by Crippen LogP contribution is -2.47. The van der Waals surface area contributed by atoms with Crippen molar-refractivity contribution in [2.75, 3.05) is 20.1 Å². The molecule has 110 valence electrons. The molecule has 1 aromatic rings. The van der Waals surface area contributed by atoms with Crippen LogP contribution < -0.4 is 0 Å². The van der Waals surface area contributed by atoms with Crippen LogP contribution in [0.5, 0.6) is 0 Å². The van der Waals surface area contributed by atoms with E-state index in [2.05, 4.69) is 16.8 Å². The minimum atomic E-state index is 0.296. The Kier molecular flexibility index (Phi) is 4.10. The topological polar surface area (TPSA) is 36.7 Å². The lowest BCUT2D eigenvalue weighted by molar-refractivity contribution is -0.133. The van der Waals surface area contributed by atoms with Crippen molar-refractivity contribution >= 4 is 5.91 Å².